The molecule has 2 aromatic rings. The molecule has 9 nitrogen and oxygen atoms in total. The number of carbonyl (C=O) groups excluding carboxylic acids is 2. The number of carbonyl (C=O) groups is 2. The van der Waals surface area contributed by atoms with Crippen LogP contribution in [0.2, 0.25) is 0 Å². The fourth-order valence-corrected chi connectivity index (χ4v) is 3.04. The molecule has 0 bridgehead atoms. The molecule has 0 radical (unpaired) electrons. The zero-order valence-corrected chi connectivity index (χ0v) is 16.0. The predicted octanol–water partition coefficient (Wildman–Crippen LogP) is 0.710. The van der Waals surface area contributed by atoms with Crippen LogP contribution in [0.15, 0.2) is 48.5 Å². The Hall–Kier alpha value is -2.95. The van der Waals surface area contributed by atoms with Crippen molar-refractivity contribution in [3.8, 4) is 11.1 Å². The number of anilines is 1. The van der Waals surface area contributed by atoms with Crippen LogP contribution in [0.4, 0.5) is 5.69 Å². The Labute approximate surface area is 162 Å². The third-order valence-electron chi connectivity index (χ3n) is 3.81. The van der Waals surface area contributed by atoms with E-state index in [9.17, 15) is 23.1 Å². The van der Waals surface area contributed by atoms with Crippen molar-refractivity contribution in [3.63, 3.8) is 0 Å². The molecule has 28 heavy (non-hydrogen) atoms. The summed E-state index contributed by atoms with van der Waals surface area (Å²) in [5, 5.41) is 20.6. The highest BCUT2D eigenvalue weighted by Gasteiger charge is 2.25. The molecule has 0 aliphatic rings. The van der Waals surface area contributed by atoms with Gasteiger partial charge in [-0.1, -0.05) is 24.3 Å². The van der Waals surface area contributed by atoms with Crippen molar-refractivity contribution in [1.82, 2.24) is 10.8 Å². The molecule has 0 aliphatic carbocycles. The van der Waals surface area contributed by atoms with Crippen LogP contribution >= 0.6 is 0 Å². The highest BCUT2D eigenvalue weighted by Crippen LogP contribution is 2.23. The van der Waals surface area contributed by atoms with Gasteiger partial charge in [0.05, 0.1) is 12.4 Å². The van der Waals surface area contributed by atoms with E-state index in [-0.39, 0.29) is 5.56 Å². The number of hydrogen-bond donors (Lipinski definition) is 5. The fraction of sp³-hybridized carbons (Fsp3) is 0.222. The van der Waals surface area contributed by atoms with Crippen molar-refractivity contribution in [2.24, 2.45) is 0 Å². The normalized spacial score (nSPS) is 13.3. The summed E-state index contributed by atoms with van der Waals surface area (Å²) in [6, 6.07) is 11.8. The van der Waals surface area contributed by atoms with Crippen molar-refractivity contribution < 1.29 is 28.3 Å². The first-order valence-corrected chi connectivity index (χ1v) is 10.1. The minimum absolute atomic E-state index is 0.241. The highest BCUT2D eigenvalue weighted by atomic mass is 32.2. The lowest BCUT2D eigenvalue weighted by Gasteiger charge is -2.19. The Morgan fingerprint density at radius 3 is 2.21 bits per heavy atom. The number of hydroxylamine groups is 1. The number of hydrogen-bond acceptors (Lipinski definition) is 6. The van der Waals surface area contributed by atoms with Gasteiger partial charge in [-0.25, -0.2) is 13.9 Å². The molecule has 0 aromatic heterocycles. The second-order valence-electron chi connectivity index (χ2n) is 6.20. The van der Waals surface area contributed by atoms with Crippen LogP contribution in [0.25, 0.3) is 11.1 Å². The lowest BCUT2D eigenvalue weighted by atomic mass is 10.0. The fourth-order valence-electron chi connectivity index (χ4n) is 2.49. The van der Waals surface area contributed by atoms with Gasteiger partial charge < -0.3 is 10.4 Å². The van der Waals surface area contributed by atoms with E-state index in [4.69, 9.17) is 5.21 Å². The Kier molecular flexibility index (Phi) is 6.73. The van der Waals surface area contributed by atoms with E-state index in [2.05, 4.69) is 10.0 Å². The molecule has 2 atom stereocenters. The van der Waals surface area contributed by atoms with Crippen molar-refractivity contribution in [2.75, 3.05) is 11.0 Å². The molecule has 0 fully saturated rings. The van der Waals surface area contributed by atoms with Gasteiger partial charge in [-0.2, -0.15) is 0 Å². The van der Waals surface area contributed by atoms with Gasteiger partial charge in [-0.05, 0) is 42.3 Å². The van der Waals surface area contributed by atoms with Gasteiger partial charge in [0.1, 0.15) is 6.04 Å². The van der Waals surface area contributed by atoms with Crippen molar-refractivity contribution in [3.05, 3.63) is 54.1 Å². The van der Waals surface area contributed by atoms with E-state index in [1.165, 1.54) is 24.5 Å². The smallest absolute Gasteiger partial charge is 0.268 e. The van der Waals surface area contributed by atoms with Gasteiger partial charge in [0.2, 0.25) is 10.0 Å². The summed E-state index contributed by atoms with van der Waals surface area (Å²) in [5.41, 5.74) is 3.53. The predicted molar refractivity (Wildman–Crippen MR) is 103 cm³/mol. The van der Waals surface area contributed by atoms with Gasteiger partial charge in [0.15, 0.2) is 0 Å². The number of aliphatic hydroxyl groups excluding tert-OH is 1. The second-order valence-corrected chi connectivity index (χ2v) is 7.95. The summed E-state index contributed by atoms with van der Waals surface area (Å²) in [5.74, 6) is -1.54. The number of rotatable bonds is 7. The summed E-state index contributed by atoms with van der Waals surface area (Å²) in [6.45, 7) is 1.31. The van der Waals surface area contributed by atoms with Crippen molar-refractivity contribution in [2.45, 2.75) is 19.1 Å². The Balaban J connectivity index is 2.18. The van der Waals surface area contributed by atoms with E-state index in [0.29, 0.717) is 5.69 Å². The minimum atomic E-state index is -3.40. The summed E-state index contributed by atoms with van der Waals surface area (Å²) < 4.78 is 25.1. The third kappa shape index (κ3) is 5.78. The highest BCUT2D eigenvalue weighted by molar-refractivity contribution is 7.92. The average Bonchev–Trinajstić information content (AvgIpc) is 2.64. The molecule has 2 aromatic carbocycles. The molecule has 2 rings (SSSR count). The molecule has 0 unspecified atom stereocenters. The van der Waals surface area contributed by atoms with Crippen LogP contribution in [0.3, 0.4) is 0 Å². The molecule has 0 saturated heterocycles. The van der Waals surface area contributed by atoms with Gasteiger partial charge in [-0.3, -0.25) is 19.5 Å². The maximum atomic E-state index is 12.3. The van der Waals surface area contributed by atoms with Crippen LogP contribution in [0.5, 0.6) is 0 Å². The van der Waals surface area contributed by atoms with Crippen LogP contribution in [-0.2, 0) is 14.8 Å². The minimum Gasteiger partial charge on any atom is -0.391 e. The SMILES string of the molecule is C[C@@H](O)[C@H](NC(=O)c1ccc(-c2cccc(NS(C)(=O)=O)c2)cc1)C(=O)NO. The van der Waals surface area contributed by atoms with Crippen molar-refractivity contribution >= 4 is 27.5 Å². The van der Waals surface area contributed by atoms with Crippen LogP contribution in [0, 0.1) is 0 Å². The zero-order chi connectivity index (χ0) is 20.9. The summed E-state index contributed by atoms with van der Waals surface area (Å²) >= 11 is 0. The Morgan fingerprint density at radius 2 is 1.68 bits per heavy atom. The van der Waals surface area contributed by atoms with E-state index >= 15 is 0 Å². The molecule has 10 heteroatoms. The van der Waals surface area contributed by atoms with Crippen LogP contribution in [0.1, 0.15) is 17.3 Å². The third-order valence-corrected chi connectivity index (χ3v) is 4.41. The maximum absolute atomic E-state index is 12.3. The standard InChI is InChI=1S/C18H21N3O6S/c1-11(22)16(18(24)20-25)19-17(23)13-8-6-12(7-9-13)14-4-3-5-15(10-14)21-28(2,26)27/h3-11,16,21-22,25H,1-2H3,(H,19,23)(H,20,24)/t11-,16+/m1/s1. The first-order valence-electron chi connectivity index (χ1n) is 8.22. The number of benzene rings is 2. The average molecular weight is 407 g/mol. The van der Waals surface area contributed by atoms with E-state index < -0.39 is 34.0 Å². The quantitative estimate of drug-likeness (QED) is 0.338. The molecular formula is C18H21N3O6S. The van der Waals surface area contributed by atoms with Gasteiger partial charge >= 0.3 is 0 Å². The number of sulfonamides is 1. The van der Waals surface area contributed by atoms with Crippen molar-refractivity contribution in [1.29, 1.82) is 0 Å². The van der Waals surface area contributed by atoms with Crippen LogP contribution in [-0.4, -0.2) is 48.9 Å². The Bertz CT molecular complexity index is 958. The lowest BCUT2D eigenvalue weighted by Crippen LogP contribution is -2.51. The first kappa shape index (κ1) is 21.4. The number of nitrogens with one attached hydrogen (secondary N) is 3. The molecule has 5 N–H and O–H groups in total. The monoisotopic (exact) mass is 407 g/mol. The maximum Gasteiger partial charge on any atom is 0.268 e. The largest absolute Gasteiger partial charge is 0.391 e. The number of amides is 2. The van der Waals surface area contributed by atoms with Gasteiger partial charge in [0, 0.05) is 11.3 Å². The van der Waals surface area contributed by atoms with Gasteiger partial charge in [-0.15, -0.1) is 0 Å². The second kappa shape index (κ2) is 8.83. The topological polar surface area (TPSA) is 145 Å². The summed E-state index contributed by atoms with van der Waals surface area (Å²) in [6.07, 6.45) is -0.148. The van der Waals surface area contributed by atoms with Crippen LogP contribution < -0.4 is 15.5 Å². The molecule has 0 heterocycles. The molecule has 150 valence electrons. The molecule has 0 aliphatic heterocycles. The van der Waals surface area contributed by atoms with Gasteiger partial charge in [0.25, 0.3) is 11.8 Å². The first-order chi connectivity index (χ1) is 13.1. The Morgan fingerprint density at radius 1 is 1.04 bits per heavy atom. The van der Waals surface area contributed by atoms with E-state index in [1.807, 2.05) is 0 Å². The lowest BCUT2D eigenvalue weighted by molar-refractivity contribution is -0.133. The molecule has 0 saturated carbocycles. The molecule has 2 amide bonds. The van der Waals surface area contributed by atoms with E-state index in [0.717, 1.165) is 17.4 Å². The molecular weight excluding hydrogens is 386 g/mol. The summed E-state index contributed by atoms with van der Waals surface area (Å²) in [4.78, 5) is 23.8. The molecule has 0 spiro atoms. The van der Waals surface area contributed by atoms with E-state index in [1.54, 1.807) is 36.4 Å². The number of aliphatic hydroxyl groups is 1. The summed E-state index contributed by atoms with van der Waals surface area (Å²) in [7, 11) is -3.40. The zero-order valence-electron chi connectivity index (χ0n) is 15.2.